The molecule has 1 amide bonds. The van der Waals surface area contributed by atoms with Gasteiger partial charge in [-0.15, -0.1) is 0 Å². The molecule has 0 aromatic heterocycles. The van der Waals surface area contributed by atoms with Crippen LogP contribution in [0.4, 0.5) is 9.18 Å². The molecule has 5 heteroatoms. The Morgan fingerprint density at radius 3 is 2.30 bits per heavy atom. The zero-order valence-corrected chi connectivity index (χ0v) is 12.4. The smallest absolute Gasteiger partial charge is 0.408 e. The molecule has 1 unspecified atom stereocenters. The lowest BCUT2D eigenvalue weighted by Gasteiger charge is -2.28. The lowest BCUT2D eigenvalue weighted by molar-refractivity contribution is -0.113. The summed E-state index contributed by atoms with van der Waals surface area (Å²) in [6.45, 7) is 8.37. The average molecular weight is 281 g/mol. The quantitative estimate of drug-likeness (QED) is 0.866. The van der Waals surface area contributed by atoms with Gasteiger partial charge in [-0.3, -0.25) is 0 Å². The SMILES string of the molecule is Cc1cc(F)cc(C(C)(C=O)NC(=O)OC(C)(C)C)c1. The second kappa shape index (κ2) is 5.61. The molecule has 0 fully saturated rings. The van der Waals surface area contributed by atoms with Gasteiger partial charge in [0.1, 0.15) is 23.2 Å². The first kappa shape index (κ1) is 16.1. The first-order valence-corrected chi connectivity index (χ1v) is 6.31. The lowest BCUT2D eigenvalue weighted by atomic mass is 9.92. The first-order chi connectivity index (χ1) is 9.05. The highest BCUT2D eigenvalue weighted by Gasteiger charge is 2.31. The van der Waals surface area contributed by atoms with Gasteiger partial charge in [-0.05, 0) is 57.9 Å². The van der Waals surface area contributed by atoms with Crippen molar-refractivity contribution in [2.75, 3.05) is 0 Å². The van der Waals surface area contributed by atoms with Crippen LogP contribution in [0.5, 0.6) is 0 Å². The summed E-state index contributed by atoms with van der Waals surface area (Å²) in [6.07, 6.45) is -0.167. The Kier molecular flexibility index (Phi) is 4.53. The monoisotopic (exact) mass is 281 g/mol. The maximum absolute atomic E-state index is 13.4. The van der Waals surface area contributed by atoms with E-state index < -0.39 is 23.1 Å². The van der Waals surface area contributed by atoms with E-state index in [1.54, 1.807) is 33.8 Å². The van der Waals surface area contributed by atoms with Crippen molar-refractivity contribution >= 4 is 12.4 Å². The third-order valence-electron chi connectivity index (χ3n) is 2.64. The molecule has 0 heterocycles. The predicted octanol–water partition coefficient (Wildman–Crippen LogP) is 3.07. The van der Waals surface area contributed by atoms with Crippen LogP contribution in [0.2, 0.25) is 0 Å². The average Bonchev–Trinajstić information content (AvgIpc) is 2.24. The zero-order chi connectivity index (χ0) is 15.6. The predicted molar refractivity (Wildman–Crippen MR) is 73.9 cm³/mol. The van der Waals surface area contributed by atoms with Crippen molar-refractivity contribution in [2.24, 2.45) is 0 Å². The molecule has 1 aromatic rings. The molecule has 0 saturated heterocycles. The minimum Gasteiger partial charge on any atom is -0.444 e. The Labute approximate surface area is 118 Å². The van der Waals surface area contributed by atoms with Crippen molar-refractivity contribution in [1.82, 2.24) is 5.32 Å². The van der Waals surface area contributed by atoms with E-state index in [0.29, 0.717) is 17.4 Å². The topological polar surface area (TPSA) is 55.4 Å². The maximum Gasteiger partial charge on any atom is 0.408 e. The molecule has 0 aliphatic heterocycles. The molecule has 0 radical (unpaired) electrons. The van der Waals surface area contributed by atoms with E-state index in [1.165, 1.54) is 19.1 Å². The van der Waals surface area contributed by atoms with Crippen molar-refractivity contribution in [2.45, 2.75) is 45.8 Å². The number of amides is 1. The van der Waals surface area contributed by atoms with Gasteiger partial charge in [-0.1, -0.05) is 6.07 Å². The van der Waals surface area contributed by atoms with E-state index >= 15 is 0 Å². The van der Waals surface area contributed by atoms with Gasteiger partial charge in [0, 0.05) is 0 Å². The highest BCUT2D eigenvalue weighted by molar-refractivity contribution is 5.78. The third kappa shape index (κ3) is 4.33. The number of benzene rings is 1. The van der Waals surface area contributed by atoms with Crippen molar-refractivity contribution in [1.29, 1.82) is 0 Å². The van der Waals surface area contributed by atoms with Gasteiger partial charge in [0.25, 0.3) is 0 Å². The van der Waals surface area contributed by atoms with Gasteiger partial charge in [-0.25, -0.2) is 9.18 Å². The Bertz CT molecular complexity index is 502. The van der Waals surface area contributed by atoms with Crippen LogP contribution in [0, 0.1) is 12.7 Å². The molecule has 0 saturated carbocycles. The number of halogens is 1. The third-order valence-corrected chi connectivity index (χ3v) is 2.64. The van der Waals surface area contributed by atoms with Crippen LogP contribution in [0.3, 0.4) is 0 Å². The molecule has 1 N–H and O–H groups in total. The fourth-order valence-electron chi connectivity index (χ4n) is 1.72. The lowest BCUT2D eigenvalue weighted by Crippen LogP contribution is -2.47. The molecular formula is C15H20FNO3. The van der Waals surface area contributed by atoms with Crippen LogP contribution in [0.15, 0.2) is 18.2 Å². The zero-order valence-electron chi connectivity index (χ0n) is 12.4. The van der Waals surface area contributed by atoms with Gasteiger partial charge >= 0.3 is 6.09 Å². The van der Waals surface area contributed by atoms with Crippen molar-refractivity contribution in [3.8, 4) is 0 Å². The normalized spacial score (nSPS) is 14.3. The number of nitrogens with one attached hydrogen (secondary N) is 1. The highest BCUT2D eigenvalue weighted by atomic mass is 19.1. The molecule has 0 aliphatic rings. The van der Waals surface area contributed by atoms with Gasteiger partial charge in [0.15, 0.2) is 0 Å². The Hall–Kier alpha value is -1.91. The Morgan fingerprint density at radius 2 is 1.85 bits per heavy atom. The van der Waals surface area contributed by atoms with E-state index in [-0.39, 0.29) is 0 Å². The van der Waals surface area contributed by atoms with Crippen molar-refractivity contribution in [3.63, 3.8) is 0 Å². The van der Waals surface area contributed by atoms with Crippen LogP contribution >= 0.6 is 0 Å². The molecule has 1 atom stereocenters. The van der Waals surface area contributed by atoms with Gasteiger partial charge in [0.2, 0.25) is 0 Å². The number of alkyl carbamates (subject to hydrolysis) is 1. The van der Waals surface area contributed by atoms with Crippen molar-refractivity contribution in [3.05, 3.63) is 35.1 Å². The van der Waals surface area contributed by atoms with E-state index in [1.807, 2.05) is 0 Å². The van der Waals surface area contributed by atoms with E-state index in [9.17, 15) is 14.0 Å². The van der Waals surface area contributed by atoms with Crippen LogP contribution in [0.25, 0.3) is 0 Å². The fraction of sp³-hybridized carbons (Fsp3) is 0.467. The number of rotatable bonds is 3. The summed E-state index contributed by atoms with van der Waals surface area (Å²) in [5, 5.41) is 2.47. The number of carbonyl (C=O) groups excluding carboxylic acids is 2. The van der Waals surface area contributed by atoms with Crippen LogP contribution < -0.4 is 5.32 Å². The van der Waals surface area contributed by atoms with Crippen molar-refractivity contribution < 1.29 is 18.7 Å². The van der Waals surface area contributed by atoms with Crippen LogP contribution in [-0.4, -0.2) is 18.0 Å². The molecule has 4 nitrogen and oxygen atoms in total. The number of aldehydes is 1. The summed E-state index contributed by atoms with van der Waals surface area (Å²) < 4.78 is 18.6. The molecule has 0 bridgehead atoms. The number of ether oxygens (including phenoxy) is 1. The molecule has 1 aromatic carbocycles. The number of hydrogen-bond donors (Lipinski definition) is 1. The number of aryl methyl sites for hydroxylation is 1. The molecular weight excluding hydrogens is 261 g/mol. The molecule has 20 heavy (non-hydrogen) atoms. The largest absolute Gasteiger partial charge is 0.444 e. The van der Waals surface area contributed by atoms with Gasteiger partial charge < -0.3 is 14.8 Å². The molecule has 1 rings (SSSR count). The molecule has 110 valence electrons. The number of carbonyl (C=O) groups is 2. The van der Waals surface area contributed by atoms with E-state index in [2.05, 4.69) is 5.32 Å². The minimum atomic E-state index is -1.34. The maximum atomic E-state index is 13.4. The minimum absolute atomic E-state index is 0.371. The summed E-state index contributed by atoms with van der Waals surface area (Å²) in [5.41, 5.74) is -0.976. The van der Waals surface area contributed by atoms with E-state index in [0.717, 1.165) is 0 Å². The highest BCUT2D eigenvalue weighted by Crippen LogP contribution is 2.22. The number of hydrogen-bond acceptors (Lipinski definition) is 3. The second-order valence-electron chi connectivity index (χ2n) is 5.96. The summed E-state index contributed by atoms with van der Waals surface area (Å²) in [4.78, 5) is 23.1. The summed E-state index contributed by atoms with van der Waals surface area (Å²) in [5.74, 6) is -0.459. The standard InChI is InChI=1S/C15H20FNO3/c1-10-6-11(8-12(16)7-10)15(5,9-18)17-13(19)20-14(2,3)4/h6-9H,1-5H3,(H,17,19). The molecule has 0 spiro atoms. The van der Waals surface area contributed by atoms with Crippen LogP contribution in [-0.2, 0) is 15.1 Å². The summed E-state index contributed by atoms with van der Waals surface area (Å²) in [7, 11) is 0. The van der Waals surface area contributed by atoms with Gasteiger partial charge in [0.05, 0.1) is 0 Å². The first-order valence-electron chi connectivity index (χ1n) is 6.31. The van der Waals surface area contributed by atoms with E-state index in [4.69, 9.17) is 4.74 Å². The summed E-state index contributed by atoms with van der Waals surface area (Å²) in [6, 6.07) is 4.22. The Morgan fingerprint density at radius 1 is 1.25 bits per heavy atom. The Balaban J connectivity index is 3.02. The summed E-state index contributed by atoms with van der Waals surface area (Å²) >= 11 is 0. The second-order valence-corrected chi connectivity index (χ2v) is 5.96. The fourth-order valence-corrected chi connectivity index (χ4v) is 1.72. The van der Waals surface area contributed by atoms with Gasteiger partial charge in [-0.2, -0.15) is 0 Å². The van der Waals surface area contributed by atoms with Crippen LogP contribution in [0.1, 0.15) is 38.8 Å². The molecule has 0 aliphatic carbocycles.